The Balaban J connectivity index is 2.46. The van der Waals surface area contributed by atoms with E-state index in [1.807, 2.05) is 44.2 Å². The predicted molar refractivity (Wildman–Crippen MR) is 113 cm³/mol. The molecular formula is C22H21ClN2O3. The van der Waals surface area contributed by atoms with Crippen LogP contribution < -0.4 is 5.56 Å². The van der Waals surface area contributed by atoms with Crippen LogP contribution in [0, 0.1) is 5.92 Å². The molecule has 3 aromatic rings. The van der Waals surface area contributed by atoms with Crippen LogP contribution in [0.15, 0.2) is 58.4 Å². The first-order chi connectivity index (χ1) is 13.4. The van der Waals surface area contributed by atoms with Crippen LogP contribution in [0.3, 0.4) is 0 Å². The van der Waals surface area contributed by atoms with Crippen LogP contribution in [0.25, 0.3) is 21.9 Å². The highest BCUT2D eigenvalue weighted by Crippen LogP contribution is 2.32. The van der Waals surface area contributed by atoms with Gasteiger partial charge in [-0.25, -0.2) is 4.79 Å². The molecule has 0 aliphatic rings. The van der Waals surface area contributed by atoms with E-state index in [9.17, 15) is 9.59 Å². The molecule has 0 aliphatic heterocycles. The lowest BCUT2D eigenvalue weighted by Gasteiger charge is -2.16. The molecule has 1 aromatic heterocycles. The number of ether oxygens (including phenoxy) is 1. The molecule has 0 saturated carbocycles. The highest BCUT2D eigenvalue weighted by Gasteiger charge is 2.24. The predicted octanol–water partition coefficient (Wildman–Crippen LogP) is 4.99. The first-order valence-corrected chi connectivity index (χ1v) is 9.36. The Labute approximate surface area is 168 Å². The summed E-state index contributed by atoms with van der Waals surface area (Å²) in [7, 11) is 1.28. The van der Waals surface area contributed by atoms with Gasteiger partial charge >= 0.3 is 5.97 Å². The minimum Gasteiger partial charge on any atom is -0.464 e. The second-order valence-corrected chi connectivity index (χ2v) is 7.25. The quantitative estimate of drug-likeness (QED) is 0.451. The van der Waals surface area contributed by atoms with Crippen molar-refractivity contribution < 1.29 is 9.53 Å². The van der Waals surface area contributed by atoms with Gasteiger partial charge in [-0.3, -0.25) is 4.79 Å². The van der Waals surface area contributed by atoms with Crippen LogP contribution in [0.5, 0.6) is 0 Å². The normalized spacial score (nSPS) is 11.5. The average Bonchev–Trinajstić information content (AvgIpc) is 2.69. The van der Waals surface area contributed by atoms with Gasteiger partial charge in [0, 0.05) is 22.2 Å². The van der Waals surface area contributed by atoms with E-state index in [2.05, 4.69) is 5.10 Å². The van der Waals surface area contributed by atoms with Crippen molar-refractivity contribution in [2.24, 2.45) is 11.0 Å². The average molecular weight is 397 g/mol. The molecule has 0 amide bonds. The number of esters is 1. The molecule has 0 atom stereocenters. The monoisotopic (exact) mass is 396 g/mol. The summed E-state index contributed by atoms with van der Waals surface area (Å²) in [4.78, 5) is 25.9. The third-order valence-corrected chi connectivity index (χ3v) is 4.57. The van der Waals surface area contributed by atoms with E-state index in [1.165, 1.54) is 7.11 Å². The van der Waals surface area contributed by atoms with E-state index in [4.69, 9.17) is 16.3 Å². The van der Waals surface area contributed by atoms with Crippen molar-refractivity contribution in [3.63, 3.8) is 0 Å². The van der Waals surface area contributed by atoms with Crippen molar-refractivity contribution in [2.75, 3.05) is 7.11 Å². The number of aromatic nitrogens is 1. The van der Waals surface area contributed by atoms with Crippen LogP contribution in [0.2, 0.25) is 5.02 Å². The summed E-state index contributed by atoms with van der Waals surface area (Å²) in [6.07, 6.45) is 2.32. The first-order valence-electron chi connectivity index (χ1n) is 8.98. The molecule has 0 saturated heterocycles. The summed E-state index contributed by atoms with van der Waals surface area (Å²) < 4.78 is 6.13. The lowest BCUT2D eigenvalue weighted by atomic mass is 9.97. The summed E-state index contributed by atoms with van der Waals surface area (Å²) in [5, 5.41) is 5.80. The Bertz CT molecular complexity index is 1100. The van der Waals surface area contributed by atoms with E-state index < -0.39 is 11.5 Å². The van der Waals surface area contributed by atoms with Gasteiger partial charge in [0.05, 0.1) is 7.11 Å². The number of methoxy groups -OCH3 is 1. The second kappa shape index (κ2) is 8.40. The number of fused-ring (bicyclic) bond motifs is 1. The van der Waals surface area contributed by atoms with Crippen LogP contribution in [-0.2, 0) is 4.74 Å². The Morgan fingerprint density at radius 3 is 2.54 bits per heavy atom. The molecule has 1 heterocycles. The molecule has 144 valence electrons. The highest BCUT2D eigenvalue weighted by molar-refractivity contribution is 6.31. The topological polar surface area (TPSA) is 60.7 Å². The van der Waals surface area contributed by atoms with Crippen molar-refractivity contribution in [3.05, 3.63) is 69.6 Å². The van der Waals surface area contributed by atoms with Crippen molar-refractivity contribution in [2.45, 2.75) is 20.3 Å². The Kier molecular flexibility index (Phi) is 5.95. The maximum Gasteiger partial charge on any atom is 0.357 e. The van der Waals surface area contributed by atoms with E-state index in [1.54, 1.807) is 24.4 Å². The summed E-state index contributed by atoms with van der Waals surface area (Å²) in [6.45, 7) is 4.10. The maximum atomic E-state index is 13.1. The Morgan fingerprint density at radius 2 is 1.89 bits per heavy atom. The Hall–Kier alpha value is -2.92. The number of hydrogen-bond acceptors (Lipinski definition) is 4. The lowest BCUT2D eigenvalue weighted by molar-refractivity contribution is 0.0589. The SMILES string of the molecule is COC(=O)c1c(-c2ccccc2)c2cc(Cl)ccc2c(=O)n1N=CCC(C)C. The molecule has 0 aliphatic carbocycles. The van der Waals surface area contributed by atoms with Gasteiger partial charge in [-0.1, -0.05) is 55.8 Å². The van der Waals surface area contributed by atoms with Gasteiger partial charge in [0.25, 0.3) is 5.56 Å². The smallest absolute Gasteiger partial charge is 0.357 e. The number of benzene rings is 2. The number of hydrogen-bond donors (Lipinski definition) is 0. The number of carbonyl (C=O) groups is 1. The second-order valence-electron chi connectivity index (χ2n) is 6.82. The van der Waals surface area contributed by atoms with Gasteiger partial charge < -0.3 is 4.74 Å². The van der Waals surface area contributed by atoms with E-state index >= 15 is 0 Å². The number of pyridine rings is 1. The van der Waals surface area contributed by atoms with Gasteiger partial charge in [-0.15, -0.1) is 0 Å². The molecular weight excluding hydrogens is 376 g/mol. The fraction of sp³-hybridized carbons (Fsp3) is 0.227. The van der Waals surface area contributed by atoms with E-state index in [0.717, 1.165) is 10.2 Å². The third-order valence-electron chi connectivity index (χ3n) is 4.34. The van der Waals surface area contributed by atoms with Gasteiger partial charge in [0.1, 0.15) is 0 Å². The maximum absolute atomic E-state index is 13.1. The number of carbonyl (C=O) groups excluding carboxylic acids is 1. The fourth-order valence-electron chi connectivity index (χ4n) is 2.99. The molecule has 0 radical (unpaired) electrons. The fourth-order valence-corrected chi connectivity index (χ4v) is 3.16. The summed E-state index contributed by atoms with van der Waals surface area (Å²) in [6, 6.07) is 14.3. The highest BCUT2D eigenvalue weighted by atomic mass is 35.5. The summed E-state index contributed by atoms with van der Waals surface area (Å²) in [5.41, 5.74) is 1.01. The molecule has 0 unspecified atom stereocenters. The van der Waals surface area contributed by atoms with Crippen LogP contribution in [-0.4, -0.2) is 24.0 Å². The Morgan fingerprint density at radius 1 is 1.18 bits per heavy atom. The summed E-state index contributed by atoms with van der Waals surface area (Å²) >= 11 is 6.20. The van der Waals surface area contributed by atoms with E-state index in [0.29, 0.717) is 33.7 Å². The van der Waals surface area contributed by atoms with Crippen molar-refractivity contribution in [3.8, 4) is 11.1 Å². The summed E-state index contributed by atoms with van der Waals surface area (Å²) in [5.74, 6) is -0.270. The number of nitrogens with zero attached hydrogens (tertiary/aromatic N) is 2. The molecule has 3 rings (SSSR count). The largest absolute Gasteiger partial charge is 0.464 e. The van der Waals surface area contributed by atoms with Crippen LogP contribution >= 0.6 is 11.6 Å². The molecule has 0 spiro atoms. The zero-order valence-corrected chi connectivity index (χ0v) is 16.7. The minimum absolute atomic E-state index is 0.0773. The van der Waals surface area contributed by atoms with Crippen LogP contribution in [0.4, 0.5) is 0 Å². The van der Waals surface area contributed by atoms with Crippen molar-refractivity contribution in [1.29, 1.82) is 0 Å². The zero-order chi connectivity index (χ0) is 20.3. The van der Waals surface area contributed by atoms with Gasteiger partial charge in [0.2, 0.25) is 0 Å². The molecule has 2 aromatic carbocycles. The lowest BCUT2D eigenvalue weighted by Crippen LogP contribution is -2.25. The molecule has 0 bridgehead atoms. The number of halogens is 1. The number of rotatable bonds is 5. The van der Waals surface area contributed by atoms with E-state index in [-0.39, 0.29) is 5.69 Å². The molecule has 0 N–H and O–H groups in total. The third kappa shape index (κ3) is 3.85. The van der Waals surface area contributed by atoms with Crippen molar-refractivity contribution in [1.82, 2.24) is 4.68 Å². The zero-order valence-electron chi connectivity index (χ0n) is 16.0. The van der Waals surface area contributed by atoms with Gasteiger partial charge in [0.15, 0.2) is 5.69 Å². The minimum atomic E-state index is -0.639. The van der Waals surface area contributed by atoms with Gasteiger partial charge in [-0.2, -0.15) is 9.78 Å². The molecule has 28 heavy (non-hydrogen) atoms. The first kappa shape index (κ1) is 19.8. The van der Waals surface area contributed by atoms with Crippen LogP contribution in [0.1, 0.15) is 30.8 Å². The van der Waals surface area contributed by atoms with Crippen molar-refractivity contribution >= 4 is 34.6 Å². The molecule has 6 heteroatoms. The molecule has 5 nitrogen and oxygen atoms in total. The molecule has 0 fully saturated rings. The standard InChI is InChI=1S/C22H21ClN2O3/c1-14(2)11-12-24-25-20(22(27)28-3)19(15-7-5-4-6-8-15)18-13-16(23)9-10-17(18)21(25)26/h4-10,12-14H,11H2,1-3H3. The van der Waals surface area contributed by atoms with Gasteiger partial charge in [-0.05, 0) is 41.5 Å².